The lowest BCUT2D eigenvalue weighted by molar-refractivity contribution is -0.143. The molecule has 0 N–H and O–H groups in total. The summed E-state index contributed by atoms with van der Waals surface area (Å²) in [7, 11) is 0. The lowest BCUT2D eigenvalue weighted by atomic mass is 10.0. The number of carbonyl (C=O) groups is 1. The summed E-state index contributed by atoms with van der Waals surface area (Å²) in [6, 6.07) is 1.79. The molecular weight excluding hydrogens is 228 g/mol. The summed E-state index contributed by atoms with van der Waals surface area (Å²) in [4.78, 5) is 11.3. The molecule has 3 nitrogen and oxygen atoms in total. The minimum atomic E-state index is -0.440. The largest absolute Gasteiger partial charge is 0.472 e. The fourth-order valence-corrected chi connectivity index (χ4v) is 1.65. The maximum atomic E-state index is 11.3. The van der Waals surface area contributed by atoms with Gasteiger partial charge in [-0.1, -0.05) is 30.4 Å². The van der Waals surface area contributed by atoms with Crippen molar-refractivity contribution in [2.24, 2.45) is 0 Å². The molecule has 0 radical (unpaired) electrons. The Balaban J connectivity index is 2.82. The van der Waals surface area contributed by atoms with E-state index >= 15 is 0 Å². The fourth-order valence-electron chi connectivity index (χ4n) is 1.65. The summed E-state index contributed by atoms with van der Waals surface area (Å²) < 4.78 is 10.3. The van der Waals surface area contributed by atoms with Gasteiger partial charge in [0.2, 0.25) is 0 Å². The zero-order chi connectivity index (χ0) is 13.5. The normalized spacial score (nSPS) is 12.9. The number of allylic oxidation sites excluding steroid dienone is 2. The number of hydrogen-bond donors (Lipinski definition) is 0. The third-order valence-corrected chi connectivity index (χ3v) is 2.34. The van der Waals surface area contributed by atoms with E-state index in [2.05, 4.69) is 13.2 Å². The Morgan fingerprint density at radius 3 is 2.78 bits per heavy atom. The molecule has 1 atom stereocenters. The zero-order valence-electron chi connectivity index (χ0n) is 10.8. The summed E-state index contributed by atoms with van der Waals surface area (Å²) in [6.45, 7) is 11.1. The van der Waals surface area contributed by atoms with Gasteiger partial charge < -0.3 is 9.15 Å². The number of carbonyl (C=O) groups excluding carboxylic acids is 1. The van der Waals surface area contributed by atoms with Crippen molar-refractivity contribution in [2.45, 2.75) is 26.4 Å². The van der Waals surface area contributed by atoms with E-state index in [0.717, 1.165) is 22.8 Å². The molecule has 0 aromatic carbocycles. The molecule has 1 aromatic rings. The van der Waals surface area contributed by atoms with Crippen molar-refractivity contribution in [2.75, 3.05) is 0 Å². The highest BCUT2D eigenvalue weighted by Gasteiger charge is 2.17. The molecule has 1 heterocycles. The Morgan fingerprint density at radius 2 is 2.28 bits per heavy atom. The minimum Gasteiger partial charge on any atom is -0.472 e. The Kier molecular flexibility index (Phi) is 5.18. The minimum absolute atomic E-state index is 0.357. The first kappa shape index (κ1) is 14.0. The maximum absolute atomic E-state index is 11.3. The molecule has 1 rings (SSSR count). The predicted octanol–water partition coefficient (Wildman–Crippen LogP) is 3.96. The summed E-state index contributed by atoms with van der Waals surface area (Å²) in [5.41, 5.74) is 2.89. The van der Waals surface area contributed by atoms with Gasteiger partial charge in [0.05, 0.1) is 12.5 Å². The predicted molar refractivity (Wildman–Crippen MR) is 70.9 cm³/mol. The van der Waals surface area contributed by atoms with Crippen LogP contribution in [-0.4, -0.2) is 5.97 Å². The quantitative estimate of drug-likeness (QED) is 0.433. The van der Waals surface area contributed by atoms with Crippen LogP contribution in [0, 0.1) is 0 Å². The first-order valence-electron chi connectivity index (χ1n) is 5.70. The molecule has 18 heavy (non-hydrogen) atoms. The van der Waals surface area contributed by atoms with Gasteiger partial charge in [0, 0.05) is 18.1 Å². The second kappa shape index (κ2) is 6.64. The second-order valence-electron chi connectivity index (χ2n) is 4.23. The van der Waals surface area contributed by atoms with Gasteiger partial charge in [0.25, 0.3) is 0 Å². The van der Waals surface area contributed by atoms with E-state index in [1.54, 1.807) is 18.6 Å². The molecule has 0 aliphatic heterocycles. The van der Waals surface area contributed by atoms with Crippen LogP contribution in [-0.2, 0) is 9.53 Å². The first-order valence-corrected chi connectivity index (χ1v) is 5.70. The number of rotatable bonds is 6. The van der Waals surface area contributed by atoms with Gasteiger partial charge in [0.1, 0.15) is 6.10 Å². The van der Waals surface area contributed by atoms with Crippen LogP contribution in [0.15, 0.2) is 59.5 Å². The lowest BCUT2D eigenvalue weighted by Gasteiger charge is -2.16. The highest BCUT2D eigenvalue weighted by Crippen LogP contribution is 2.26. The average molecular weight is 246 g/mol. The van der Waals surface area contributed by atoms with E-state index in [-0.39, 0.29) is 6.10 Å². The van der Waals surface area contributed by atoms with Gasteiger partial charge in [-0.2, -0.15) is 0 Å². The molecule has 0 aliphatic carbocycles. The molecule has 0 amide bonds. The van der Waals surface area contributed by atoms with Gasteiger partial charge in [-0.3, -0.25) is 0 Å². The van der Waals surface area contributed by atoms with Gasteiger partial charge in [0.15, 0.2) is 0 Å². The Labute approximate surface area is 107 Å². The Hall–Kier alpha value is -2.03. The molecule has 0 spiro atoms. The maximum Gasteiger partial charge on any atom is 0.330 e. The van der Waals surface area contributed by atoms with Crippen molar-refractivity contribution in [3.8, 4) is 0 Å². The van der Waals surface area contributed by atoms with Gasteiger partial charge in [-0.05, 0) is 19.9 Å². The number of ether oxygens (including phenoxy) is 1. The van der Waals surface area contributed by atoms with Crippen molar-refractivity contribution in [3.05, 3.63) is 60.6 Å². The standard InChI is InChI=1S/C15H18O3/c1-5-15(16)18-14(13-6-7-17-10-13)9-12(4)8-11(2)3/h5-8,10,14H,1-2,9H2,3-4H3/b12-8+. The molecule has 1 unspecified atom stereocenters. The van der Waals surface area contributed by atoms with Crippen LogP contribution in [0.3, 0.4) is 0 Å². The van der Waals surface area contributed by atoms with Crippen LogP contribution in [0.2, 0.25) is 0 Å². The SMILES string of the molecule is C=CC(=O)OC(C/C(C)=C/C(=C)C)c1ccoc1. The monoisotopic (exact) mass is 246 g/mol. The van der Waals surface area contributed by atoms with Gasteiger partial charge in [-0.25, -0.2) is 4.79 Å². The van der Waals surface area contributed by atoms with E-state index in [0.29, 0.717) is 6.42 Å². The fraction of sp³-hybridized carbons (Fsp3) is 0.267. The molecule has 3 heteroatoms. The molecule has 0 saturated heterocycles. The lowest BCUT2D eigenvalue weighted by Crippen LogP contribution is -2.09. The van der Waals surface area contributed by atoms with Crippen molar-refractivity contribution in [3.63, 3.8) is 0 Å². The van der Waals surface area contributed by atoms with Crippen molar-refractivity contribution in [1.29, 1.82) is 0 Å². The van der Waals surface area contributed by atoms with Crippen LogP contribution in [0.4, 0.5) is 0 Å². The Morgan fingerprint density at radius 1 is 1.56 bits per heavy atom. The highest BCUT2D eigenvalue weighted by molar-refractivity contribution is 5.81. The summed E-state index contributed by atoms with van der Waals surface area (Å²) in [5, 5.41) is 0. The smallest absolute Gasteiger partial charge is 0.330 e. The van der Waals surface area contributed by atoms with Gasteiger partial charge >= 0.3 is 5.97 Å². The number of esters is 1. The van der Waals surface area contributed by atoms with Crippen LogP contribution in [0.25, 0.3) is 0 Å². The van der Waals surface area contributed by atoms with E-state index in [9.17, 15) is 4.79 Å². The van der Waals surface area contributed by atoms with Crippen LogP contribution >= 0.6 is 0 Å². The summed E-state index contributed by atoms with van der Waals surface area (Å²) >= 11 is 0. The molecule has 0 bridgehead atoms. The molecule has 1 aromatic heterocycles. The highest BCUT2D eigenvalue weighted by atomic mass is 16.5. The van der Waals surface area contributed by atoms with Crippen molar-refractivity contribution < 1.29 is 13.9 Å². The summed E-state index contributed by atoms with van der Waals surface area (Å²) in [5.74, 6) is -0.440. The third kappa shape index (κ3) is 4.45. The topological polar surface area (TPSA) is 39.4 Å². The van der Waals surface area contributed by atoms with Crippen LogP contribution in [0.5, 0.6) is 0 Å². The third-order valence-electron chi connectivity index (χ3n) is 2.34. The average Bonchev–Trinajstić information content (AvgIpc) is 2.80. The van der Waals surface area contributed by atoms with Crippen molar-refractivity contribution >= 4 is 5.97 Å². The summed E-state index contributed by atoms with van der Waals surface area (Å²) in [6.07, 6.45) is 6.51. The van der Waals surface area contributed by atoms with E-state index < -0.39 is 5.97 Å². The number of hydrogen-bond acceptors (Lipinski definition) is 3. The first-order chi connectivity index (χ1) is 8.52. The molecule has 96 valence electrons. The second-order valence-corrected chi connectivity index (χ2v) is 4.23. The Bertz CT molecular complexity index is 452. The van der Waals surface area contributed by atoms with E-state index in [1.807, 2.05) is 19.9 Å². The molecule has 0 aliphatic rings. The van der Waals surface area contributed by atoms with E-state index in [1.165, 1.54) is 0 Å². The van der Waals surface area contributed by atoms with Crippen molar-refractivity contribution in [1.82, 2.24) is 0 Å². The van der Waals surface area contributed by atoms with Crippen LogP contribution in [0.1, 0.15) is 31.9 Å². The molecular formula is C15H18O3. The number of furan rings is 1. The van der Waals surface area contributed by atoms with E-state index in [4.69, 9.17) is 9.15 Å². The molecule has 0 fully saturated rings. The zero-order valence-corrected chi connectivity index (χ0v) is 10.8. The van der Waals surface area contributed by atoms with Gasteiger partial charge in [-0.15, -0.1) is 0 Å². The van der Waals surface area contributed by atoms with Crippen LogP contribution < -0.4 is 0 Å². The molecule has 0 saturated carbocycles.